The molecule has 0 rings (SSSR count). The lowest BCUT2D eigenvalue weighted by atomic mass is 9.99. The van der Waals surface area contributed by atoms with Gasteiger partial charge in [-0.2, -0.15) is 0 Å². The summed E-state index contributed by atoms with van der Waals surface area (Å²) in [4.78, 5) is 38.1. The van der Waals surface area contributed by atoms with Crippen molar-refractivity contribution in [1.82, 2.24) is 0 Å². The van der Waals surface area contributed by atoms with E-state index in [9.17, 15) is 14.4 Å². The van der Waals surface area contributed by atoms with E-state index < -0.39 is 6.10 Å². The normalized spacial score (nSPS) is 12.9. The Morgan fingerprint density at radius 2 is 0.522 bits per heavy atom. The largest absolute Gasteiger partial charge is 0.462 e. The van der Waals surface area contributed by atoms with Gasteiger partial charge in [-0.1, -0.05) is 298 Å². The molecular weight excluding hydrogens is 829 g/mol. The zero-order valence-electron chi connectivity index (χ0n) is 46.2. The standard InChI is InChI=1S/C61H118O6/c1-7-56(5)48-42-36-30-26-22-18-13-11-9-10-12-14-19-23-27-31-38-44-50-59(62)65-53-58(67-61(64)52-46-40-34-33-37-43-49-57(6)8-2)54-66-60(63)51-45-39-32-28-24-20-16-15-17-21-25-29-35-41-47-55(3)4/h55-58H,7-54H2,1-6H3/t56?,57?,58-/m1/s1. The molecule has 6 nitrogen and oxygen atoms in total. The van der Waals surface area contributed by atoms with Crippen LogP contribution < -0.4 is 0 Å². The summed E-state index contributed by atoms with van der Waals surface area (Å²) in [7, 11) is 0. The van der Waals surface area contributed by atoms with Gasteiger partial charge in [-0.25, -0.2) is 0 Å². The minimum absolute atomic E-state index is 0.0643. The summed E-state index contributed by atoms with van der Waals surface area (Å²) in [5, 5.41) is 0. The molecule has 0 fully saturated rings. The summed E-state index contributed by atoms with van der Waals surface area (Å²) in [6.45, 7) is 13.8. The summed E-state index contributed by atoms with van der Waals surface area (Å²) < 4.78 is 16.9. The van der Waals surface area contributed by atoms with Crippen molar-refractivity contribution in [2.75, 3.05) is 13.2 Å². The zero-order chi connectivity index (χ0) is 49.1. The van der Waals surface area contributed by atoms with Crippen LogP contribution in [0.4, 0.5) is 0 Å². The van der Waals surface area contributed by atoms with Gasteiger partial charge in [0.15, 0.2) is 6.10 Å². The first-order valence-electron chi connectivity index (χ1n) is 30.2. The maximum atomic E-state index is 12.8. The quantitative estimate of drug-likeness (QED) is 0.0343. The molecule has 0 aliphatic heterocycles. The van der Waals surface area contributed by atoms with Crippen LogP contribution in [0.1, 0.15) is 337 Å². The number of carbonyl (C=O) groups excluding carboxylic acids is 3. The molecule has 0 heterocycles. The Morgan fingerprint density at radius 3 is 0.776 bits per heavy atom. The molecule has 398 valence electrons. The fraction of sp³-hybridized carbons (Fsp3) is 0.951. The number of hydrogen-bond acceptors (Lipinski definition) is 6. The van der Waals surface area contributed by atoms with Gasteiger partial charge in [0, 0.05) is 19.3 Å². The predicted molar refractivity (Wildman–Crippen MR) is 289 cm³/mol. The van der Waals surface area contributed by atoms with E-state index in [4.69, 9.17) is 14.2 Å². The number of unbranched alkanes of at least 4 members (excludes halogenated alkanes) is 35. The monoisotopic (exact) mass is 947 g/mol. The molecule has 0 aromatic rings. The van der Waals surface area contributed by atoms with Crippen LogP contribution in [0.3, 0.4) is 0 Å². The van der Waals surface area contributed by atoms with E-state index in [2.05, 4.69) is 41.5 Å². The molecule has 3 atom stereocenters. The number of ether oxygens (including phenoxy) is 3. The average Bonchev–Trinajstić information content (AvgIpc) is 3.31. The van der Waals surface area contributed by atoms with E-state index >= 15 is 0 Å². The van der Waals surface area contributed by atoms with Gasteiger partial charge in [0.2, 0.25) is 0 Å². The van der Waals surface area contributed by atoms with Crippen molar-refractivity contribution in [3.63, 3.8) is 0 Å². The Hall–Kier alpha value is -1.59. The molecule has 0 saturated carbocycles. The zero-order valence-corrected chi connectivity index (χ0v) is 46.2. The third kappa shape index (κ3) is 52.1. The summed E-state index contributed by atoms with van der Waals surface area (Å²) in [6, 6.07) is 0. The third-order valence-corrected chi connectivity index (χ3v) is 14.6. The highest BCUT2D eigenvalue weighted by molar-refractivity contribution is 5.71. The number of hydrogen-bond donors (Lipinski definition) is 0. The van der Waals surface area contributed by atoms with Crippen LogP contribution in [0.5, 0.6) is 0 Å². The molecule has 0 aromatic heterocycles. The number of carbonyl (C=O) groups is 3. The number of rotatable bonds is 54. The van der Waals surface area contributed by atoms with Crippen molar-refractivity contribution in [3.05, 3.63) is 0 Å². The molecule has 0 bridgehead atoms. The van der Waals surface area contributed by atoms with Gasteiger partial charge in [0.25, 0.3) is 0 Å². The first-order chi connectivity index (χ1) is 32.7. The summed E-state index contributed by atoms with van der Waals surface area (Å²) in [5.41, 5.74) is 0. The van der Waals surface area contributed by atoms with Crippen LogP contribution >= 0.6 is 0 Å². The molecular formula is C61H118O6. The molecule has 0 radical (unpaired) electrons. The Balaban J connectivity index is 4.18. The molecule has 0 N–H and O–H groups in total. The Kier molecular flexibility index (Phi) is 51.0. The Labute approximate surface area is 418 Å². The molecule has 0 saturated heterocycles. The first-order valence-corrected chi connectivity index (χ1v) is 30.2. The minimum Gasteiger partial charge on any atom is -0.462 e. The lowest BCUT2D eigenvalue weighted by Crippen LogP contribution is -2.30. The lowest BCUT2D eigenvalue weighted by Gasteiger charge is -2.18. The lowest BCUT2D eigenvalue weighted by molar-refractivity contribution is -0.167. The average molecular weight is 948 g/mol. The second-order valence-corrected chi connectivity index (χ2v) is 21.9. The fourth-order valence-electron chi connectivity index (χ4n) is 9.29. The van der Waals surface area contributed by atoms with E-state index in [1.165, 1.54) is 218 Å². The molecule has 0 amide bonds. The SMILES string of the molecule is CCC(C)CCCCCCCCCCCCCCCCCCCCC(=O)OC[C@H](COC(=O)CCCCCCCCCCCCCCCCC(C)C)OC(=O)CCCCCCCCC(C)CC. The van der Waals surface area contributed by atoms with Crippen LogP contribution in [0, 0.1) is 17.8 Å². The van der Waals surface area contributed by atoms with Crippen LogP contribution in [0.25, 0.3) is 0 Å². The van der Waals surface area contributed by atoms with Gasteiger partial charge in [-0.05, 0) is 37.0 Å². The number of esters is 3. The van der Waals surface area contributed by atoms with Gasteiger partial charge < -0.3 is 14.2 Å². The predicted octanol–water partition coefficient (Wildman–Crippen LogP) is 19.9. The fourth-order valence-corrected chi connectivity index (χ4v) is 9.29. The van der Waals surface area contributed by atoms with E-state index in [1.54, 1.807) is 0 Å². The van der Waals surface area contributed by atoms with Crippen LogP contribution in [-0.2, 0) is 28.6 Å². The second kappa shape index (κ2) is 52.2. The van der Waals surface area contributed by atoms with Crippen molar-refractivity contribution in [2.45, 2.75) is 343 Å². The Morgan fingerprint density at radius 1 is 0.299 bits per heavy atom. The maximum absolute atomic E-state index is 12.8. The van der Waals surface area contributed by atoms with Crippen molar-refractivity contribution in [2.24, 2.45) is 17.8 Å². The van der Waals surface area contributed by atoms with Crippen LogP contribution in [0.2, 0.25) is 0 Å². The second-order valence-electron chi connectivity index (χ2n) is 21.9. The van der Waals surface area contributed by atoms with Crippen molar-refractivity contribution < 1.29 is 28.6 Å². The van der Waals surface area contributed by atoms with Crippen LogP contribution in [-0.4, -0.2) is 37.2 Å². The van der Waals surface area contributed by atoms with E-state index in [0.717, 1.165) is 75.5 Å². The van der Waals surface area contributed by atoms with Crippen molar-refractivity contribution in [1.29, 1.82) is 0 Å². The van der Waals surface area contributed by atoms with E-state index in [0.29, 0.717) is 19.3 Å². The van der Waals surface area contributed by atoms with Crippen molar-refractivity contribution in [3.8, 4) is 0 Å². The molecule has 67 heavy (non-hydrogen) atoms. The molecule has 2 unspecified atom stereocenters. The maximum Gasteiger partial charge on any atom is 0.306 e. The molecule has 0 aromatic carbocycles. The molecule has 0 spiro atoms. The van der Waals surface area contributed by atoms with Gasteiger partial charge in [0.1, 0.15) is 13.2 Å². The highest BCUT2D eigenvalue weighted by Crippen LogP contribution is 2.19. The first kappa shape index (κ1) is 65.4. The van der Waals surface area contributed by atoms with E-state index in [1.807, 2.05) is 0 Å². The van der Waals surface area contributed by atoms with Gasteiger partial charge in [-0.15, -0.1) is 0 Å². The van der Waals surface area contributed by atoms with E-state index in [-0.39, 0.29) is 31.1 Å². The highest BCUT2D eigenvalue weighted by Gasteiger charge is 2.19. The van der Waals surface area contributed by atoms with Crippen molar-refractivity contribution >= 4 is 17.9 Å². The topological polar surface area (TPSA) is 78.9 Å². The molecule has 0 aliphatic rings. The van der Waals surface area contributed by atoms with Crippen LogP contribution in [0.15, 0.2) is 0 Å². The smallest absolute Gasteiger partial charge is 0.306 e. The van der Waals surface area contributed by atoms with Gasteiger partial charge in [0.05, 0.1) is 0 Å². The van der Waals surface area contributed by atoms with Gasteiger partial charge in [-0.3, -0.25) is 14.4 Å². The van der Waals surface area contributed by atoms with Gasteiger partial charge >= 0.3 is 17.9 Å². The molecule has 6 heteroatoms. The summed E-state index contributed by atoms with van der Waals surface area (Å²) in [5.74, 6) is 1.72. The highest BCUT2D eigenvalue weighted by atomic mass is 16.6. The molecule has 0 aliphatic carbocycles. The third-order valence-electron chi connectivity index (χ3n) is 14.6. The summed E-state index contributed by atoms with van der Waals surface area (Å²) >= 11 is 0. The minimum atomic E-state index is -0.764. The summed E-state index contributed by atoms with van der Waals surface area (Å²) in [6.07, 6.45) is 55.3. The Bertz CT molecular complexity index is 1040.